The number of rotatable bonds is 5. The maximum Gasteiger partial charge on any atom is 0.149 e. The smallest absolute Gasteiger partial charge is 0.149 e. The van der Waals surface area contributed by atoms with Gasteiger partial charge in [0.1, 0.15) is 23.4 Å². The molecular weight excluding hydrogens is 302 g/mol. The normalized spacial score (nSPS) is 16.8. The fourth-order valence-electron chi connectivity index (χ4n) is 3.22. The fourth-order valence-corrected chi connectivity index (χ4v) is 3.22. The Morgan fingerprint density at radius 2 is 2.25 bits per heavy atom. The van der Waals surface area contributed by atoms with Crippen molar-refractivity contribution < 1.29 is 4.74 Å². The molecule has 1 atom stereocenters. The average molecular weight is 323 g/mol. The summed E-state index contributed by atoms with van der Waals surface area (Å²) in [5, 5.41) is 8.99. The summed E-state index contributed by atoms with van der Waals surface area (Å²) in [4.78, 5) is 8.95. The fraction of sp³-hybridized carbons (Fsp3) is 0.389. The highest BCUT2D eigenvalue weighted by atomic mass is 16.5. The van der Waals surface area contributed by atoms with Crippen LogP contribution >= 0.6 is 0 Å². The molecule has 1 aromatic carbocycles. The van der Waals surface area contributed by atoms with E-state index in [2.05, 4.69) is 33.4 Å². The third-order valence-corrected chi connectivity index (χ3v) is 4.35. The Hall–Kier alpha value is -2.63. The number of aryl methyl sites for hydroxylation is 1. The van der Waals surface area contributed by atoms with Crippen LogP contribution in [0.4, 0.5) is 5.69 Å². The van der Waals surface area contributed by atoms with Crippen molar-refractivity contribution >= 4 is 16.6 Å². The van der Waals surface area contributed by atoms with E-state index in [4.69, 9.17) is 4.74 Å². The lowest BCUT2D eigenvalue weighted by atomic mass is 10.1. The van der Waals surface area contributed by atoms with Crippen LogP contribution in [0.5, 0.6) is 5.75 Å². The van der Waals surface area contributed by atoms with Gasteiger partial charge in [0, 0.05) is 23.8 Å². The Labute approximate surface area is 140 Å². The second-order valence-corrected chi connectivity index (χ2v) is 6.04. The average Bonchev–Trinajstić information content (AvgIpc) is 3.10. The topological polar surface area (TPSA) is 64.9 Å². The van der Waals surface area contributed by atoms with Crippen LogP contribution in [0.1, 0.15) is 38.1 Å². The van der Waals surface area contributed by atoms with Crippen LogP contribution in [0.2, 0.25) is 0 Å². The van der Waals surface area contributed by atoms with E-state index in [1.165, 1.54) is 0 Å². The van der Waals surface area contributed by atoms with Crippen molar-refractivity contribution in [2.24, 2.45) is 0 Å². The van der Waals surface area contributed by atoms with Crippen molar-refractivity contribution in [3.05, 3.63) is 42.6 Å². The van der Waals surface area contributed by atoms with Crippen LogP contribution in [0.15, 0.2) is 36.8 Å². The molecule has 0 bridgehead atoms. The van der Waals surface area contributed by atoms with Crippen LogP contribution in [-0.4, -0.2) is 26.4 Å². The number of pyridine rings is 1. The molecule has 0 aliphatic carbocycles. The molecule has 1 aliphatic heterocycles. The summed E-state index contributed by atoms with van der Waals surface area (Å²) in [5.41, 5.74) is 1.96. The molecule has 6 heteroatoms. The number of hydrogen-bond donors (Lipinski definition) is 1. The molecule has 24 heavy (non-hydrogen) atoms. The number of anilines is 1. The lowest BCUT2D eigenvalue weighted by molar-refractivity contribution is 0.320. The van der Waals surface area contributed by atoms with Gasteiger partial charge in [-0.25, -0.2) is 9.67 Å². The van der Waals surface area contributed by atoms with Gasteiger partial charge in [-0.15, -0.1) is 0 Å². The van der Waals surface area contributed by atoms with Gasteiger partial charge in [-0.05, 0) is 31.4 Å². The summed E-state index contributed by atoms with van der Waals surface area (Å²) in [7, 11) is 0. The number of fused-ring (bicyclic) bond motifs is 2. The van der Waals surface area contributed by atoms with Crippen LogP contribution in [0.25, 0.3) is 10.9 Å². The molecule has 0 saturated carbocycles. The standard InChI is InChI=1S/C18H21N5O/c1-2-11-24-16-7-3-5-13-14(8-9-19-17(13)16)22-15-6-4-10-23-18(15)20-12-21-23/h3,5,7-9,12,15H,2,4,6,10-11H2,1H3,(H,19,22). The molecule has 1 unspecified atom stereocenters. The van der Waals surface area contributed by atoms with Gasteiger partial charge in [0.25, 0.3) is 0 Å². The summed E-state index contributed by atoms with van der Waals surface area (Å²) in [5.74, 6) is 1.84. The van der Waals surface area contributed by atoms with Gasteiger partial charge in [0.05, 0.1) is 12.6 Å². The highest BCUT2D eigenvalue weighted by Crippen LogP contribution is 2.33. The number of nitrogens with one attached hydrogen (secondary N) is 1. The monoisotopic (exact) mass is 323 g/mol. The van der Waals surface area contributed by atoms with Crippen LogP contribution in [0.3, 0.4) is 0 Å². The van der Waals surface area contributed by atoms with E-state index in [1.54, 1.807) is 6.33 Å². The van der Waals surface area contributed by atoms with Gasteiger partial charge in [-0.2, -0.15) is 5.10 Å². The summed E-state index contributed by atoms with van der Waals surface area (Å²) < 4.78 is 7.83. The molecule has 1 N–H and O–H groups in total. The van der Waals surface area contributed by atoms with Gasteiger partial charge >= 0.3 is 0 Å². The molecule has 0 radical (unpaired) electrons. The first-order valence-electron chi connectivity index (χ1n) is 8.51. The van der Waals surface area contributed by atoms with Gasteiger partial charge in [-0.3, -0.25) is 4.98 Å². The summed E-state index contributed by atoms with van der Waals surface area (Å²) in [6.07, 6.45) is 6.59. The van der Waals surface area contributed by atoms with Crippen molar-refractivity contribution in [2.75, 3.05) is 11.9 Å². The molecule has 3 aromatic rings. The first-order chi connectivity index (χ1) is 11.9. The zero-order valence-corrected chi connectivity index (χ0v) is 13.8. The van der Waals surface area contributed by atoms with Crippen molar-refractivity contribution in [3.8, 4) is 5.75 Å². The molecule has 0 saturated heterocycles. The molecule has 6 nitrogen and oxygen atoms in total. The predicted octanol–water partition coefficient (Wildman–Crippen LogP) is 3.56. The minimum atomic E-state index is 0.173. The van der Waals surface area contributed by atoms with Crippen LogP contribution < -0.4 is 10.1 Å². The maximum absolute atomic E-state index is 5.84. The Kier molecular flexibility index (Phi) is 4.02. The van der Waals surface area contributed by atoms with Crippen LogP contribution in [-0.2, 0) is 6.54 Å². The summed E-state index contributed by atoms with van der Waals surface area (Å²) in [6.45, 7) is 3.74. The number of para-hydroxylation sites is 1. The largest absolute Gasteiger partial charge is 0.491 e. The summed E-state index contributed by atoms with van der Waals surface area (Å²) in [6, 6.07) is 8.26. The predicted molar refractivity (Wildman–Crippen MR) is 93.1 cm³/mol. The molecule has 0 fully saturated rings. The number of ether oxygens (including phenoxy) is 1. The summed E-state index contributed by atoms with van der Waals surface area (Å²) >= 11 is 0. The van der Waals surface area contributed by atoms with E-state index in [0.29, 0.717) is 6.61 Å². The van der Waals surface area contributed by atoms with Gasteiger partial charge < -0.3 is 10.1 Å². The number of benzene rings is 1. The van der Waals surface area contributed by atoms with E-state index in [1.807, 2.05) is 29.1 Å². The maximum atomic E-state index is 5.84. The minimum Gasteiger partial charge on any atom is -0.491 e. The second-order valence-electron chi connectivity index (χ2n) is 6.04. The number of nitrogens with zero attached hydrogens (tertiary/aromatic N) is 4. The Morgan fingerprint density at radius 1 is 1.29 bits per heavy atom. The highest BCUT2D eigenvalue weighted by molar-refractivity contribution is 5.94. The molecular formula is C18H21N5O. The van der Waals surface area contributed by atoms with E-state index in [0.717, 1.165) is 54.0 Å². The zero-order chi connectivity index (χ0) is 16.4. The lowest BCUT2D eigenvalue weighted by Gasteiger charge is -2.24. The third kappa shape index (κ3) is 2.68. The van der Waals surface area contributed by atoms with Gasteiger partial charge in [0.15, 0.2) is 0 Å². The zero-order valence-electron chi connectivity index (χ0n) is 13.8. The first kappa shape index (κ1) is 14.9. The molecule has 124 valence electrons. The quantitative estimate of drug-likeness (QED) is 0.777. The van der Waals surface area contributed by atoms with Crippen molar-refractivity contribution in [1.82, 2.24) is 19.7 Å². The first-order valence-corrected chi connectivity index (χ1v) is 8.51. The van der Waals surface area contributed by atoms with Crippen molar-refractivity contribution in [2.45, 2.75) is 38.8 Å². The minimum absolute atomic E-state index is 0.173. The van der Waals surface area contributed by atoms with Crippen LogP contribution in [0, 0.1) is 0 Å². The second kappa shape index (κ2) is 6.47. The molecule has 3 heterocycles. The van der Waals surface area contributed by atoms with E-state index >= 15 is 0 Å². The van der Waals surface area contributed by atoms with E-state index in [9.17, 15) is 0 Å². The van der Waals surface area contributed by atoms with E-state index in [-0.39, 0.29) is 6.04 Å². The van der Waals surface area contributed by atoms with Gasteiger partial charge in [-0.1, -0.05) is 19.1 Å². The molecule has 1 aliphatic rings. The lowest BCUT2D eigenvalue weighted by Crippen LogP contribution is -2.22. The molecule has 2 aromatic heterocycles. The molecule has 4 rings (SSSR count). The molecule has 0 amide bonds. The third-order valence-electron chi connectivity index (χ3n) is 4.35. The van der Waals surface area contributed by atoms with Crippen molar-refractivity contribution in [3.63, 3.8) is 0 Å². The van der Waals surface area contributed by atoms with Gasteiger partial charge in [0.2, 0.25) is 0 Å². The Balaban J connectivity index is 1.68. The number of hydrogen-bond acceptors (Lipinski definition) is 5. The number of aromatic nitrogens is 4. The molecule has 0 spiro atoms. The Morgan fingerprint density at radius 3 is 3.17 bits per heavy atom. The Bertz CT molecular complexity index is 844. The van der Waals surface area contributed by atoms with E-state index < -0.39 is 0 Å². The highest BCUT2D eigenvalue weighted by Gasteiger charge is 2.22. The SMILES string of the molecule is CCCOc1cccc2c(NC3CCCn4ncnc43)ccnc12. The van der Waals surface area contributed by atoms with Crippen molar-refractivity contribution in [1.29, 1.82) is 0 Å².